The van der Waals surface area contributed by atoms with Crippen LogP contribution >= 0.6 is 0 Å². The van der Waals surface area contributed by atoms with Gasteiger partial charge in [-0.15, -0.1) is 0 Å². The Labute approximate surface area is 174 Å². The first-order valence-corrected chi connectivity index (χ1v) is 12.3. The molecule has 8 atom stereocenters. The Morgan fingerprint density at radius 1 is 1.18 bits per heavy atom. The van der Waals surface area contributed by atoms with Crippen LogP contribution in [-0.2, 0) is 0 Å². The second-order valence-corrected chi connectivity index (χ2v) is 11.6. The first kappa shape index (κ1) is 20.7. The molecule has 0 aromatic carbocycles. The summed E-state index contributed by atoms with van der Waals surface area (Å²) in [5.74, 6) is 4.16. The summed E-state index contributed by atoms with van der Waals surface area (Å²) < 4.78 is 0. The van der Waals surface area contributed by atoms with Crippen molar-refractivity contribution in [2.45, 2.75) is 105 Å². The van der Waals surface area contributed by atoms with Gasteiger partial charge >= 0.3 is 0 Å². The highest BCUT2D eigenvalue weighted by Crippen LogP contribution is 2.67. The molecule has 3 fully saturated rings. The predicted octanol–water partition coefficient (Wildman–Crippen LogP) is 7.31. The van der Waals surface area contributed by atoms with E-state index in [-0.39, 0.29) is 11.5 Å². The van der Waals surface area contributed by atoms with E-state index in [0.29, 0.717) is 5.41 Å². The van der Waals surface area contributed by atoms with Gasteiger partial charge in [0.05, 0.1) is 6.10 Å². The molecule has 0 saturated heterocycles. The first-order chi connectivity index (χ1) is 13.3. The Bertz CT molecular complexity index is 641. The average molecular weight is 385 g/mol. The Morgan fingerprint density at radius 3 is 2.71 bits per heavy atom. The maximum Gasteiger partial charge on any atom is 0.0633 e. The van der Waals surface area contributed by atoms with Crippen LogP contribution in [-0.4, -0.2) is 11.2 Å². The zero-order valence-corrected chi connectivity index (χ0v) is 19.1. The van der Waals surface area contributed by atoms with Crippen LogP contribution in [0.4, 0.5) is 0 Å². The van der Waals surface area contributed by atoms with Gasteiger partial charge < -0.3 is 5.11 Å². The highest BCUT2D eigenvalue weighted by atomic mass is 16.3. The third kappa shape index (κ3) is 3.15. The fourth-order valence-electron chi connectivity index (χ4n) is 8.53. The molecule has 4 rings (SSSR count). The number of rotatable bonds is 4. The summed E-state index contributed by atoms with van der Waals surface area (Å²) in [5.41, 5.74) is 3.69. The van der Waals surface area contributed by atoms with Gasteiger partial charge in [0.2, 0.25) is 0 Å². The minimum absolute atomic E-state index is 0.0790. The molecule has 0 aromatic heterocycles. The second kappa shape index (κ2) is 7.60. The van der Waals surface area contributed by atoms with Crippen LogP contribution in [0.15, 0.2) is 23.3 Å². The lowest BCUT2D eigenvalue weighted by atomic mass is 9.46. The normalized spacial score (nSPS) is 46.1. The minimum Gasteiger partial charge on any atom is -0.392 e. The van der Waals surface area contributed by atoms with E-state index in [4.69, 9.17) is 0 Å². The van der Waals surface area contributed by atoms with Gasteiger partial charge in [0, 0.05) is 5.41 Å². The van der Waals surface area contributed by atoms with Gasteiger partial charge in [-0.3, -0.25) is 0 Å². The molecule has 4 aliphatic rings. The Hall–Kier alpha value is -0.560. The maximum absolute atomic E-state index is 11.0. The van der Waals surface area contributed by atoms with Crippen molar-refractivity contribution in [3.63, 3.8) is 0 Å². The molecule has 4 aliphatic carbocycles. The zero-order chi connectivity index (χ0) is 20.1. The number of hydrogen-bond donors (Lipinski definition) is 1. The number of hydrogen-bond acceptors (Lipinski definition) is 1. The summed E-state index contributed by atoms with van der Waals surface area (Å²) in [4.78, 5) is 0. The van der Waals surface area contributed by atoms with E-state index >= 15 is 0 Å². The summed E-state index contributed by atoms with van der Waals surface area (Å²) >= 11 is 0. The molecule has 1 heteroatoms. The van der Waals surface area contributed by atoms with E-state index in [0.717, 1.165) is 36.0 Å². The Morgan fingerprint density at radius 2 is 1.96 bits per heavy atom. The number of aliphatic hydroxyl groups excluding tert-OH is 1. The van der Waals surface area contributed by atoms with E-state index < -0.39 is 0 Å². The fraction of sp³-hybridized carbons (Fsp3) is 0.852. The summed E-state index contributed by atoms with van der Waals surface area (Å²) in [7, 11) is 0. The molecule has 0 amide bonds. The Balaban J connectivity index is 1.53. The van der Waals surface area contributed by atoms with Gasteiger partial charge in [-0.1, -0.05) is 44.1 Å². The third-order valence-corrected chi connectivity index (χ3v) is 10.1. The lowest BCUT2D eigenvalue weighted by molar-refractivity contribution is -0.0929. The molecular weight excluding hydrogens is 340 g/mol. The molecule has 1 N–H and O–H groups in total. The summed E-state index contributed by atoms with van der Waals surface area (Å²) in [5, 5.41) is 11.0. The van der Waals surface area contributed by atoms with Gasteiger partial charge in [-0.05, 0) is 113 Å². The summed E-state index contributed by atoms with van der Waals surface area (Å²) in [6.45, 7) is 12.1. The topological polar surface area (TPSA) is 20.2 Å². The molecule has 1 unspecified atom stereocenters. The number of aliphatic hydroxyl groups is 1. The van der Waals surface area contributed by atoms with Crippen molar-refractivity contribution in [1.82, 2.24) is 0 Å². The van der Waals surface area contributed by atoms with Crippen LogP contribution in [0.5, 0.6) is 0 Å². The average Bonchev–Trinajstić information content (AvgIpc) is 3.00. The number of fused-ring (bicyclic) bond motifs is 5. The first-order valence-electron chi connectivity index (χ1n) is 12.3. The van der Waals surface area contributed by atoms with Crippen LogP contribution in [0.25, 0.3) is 0 Å². The minimum atomic E-state index is -0.107. The van der Waals surface area contributed by atoms with Crippen molar-refractivity contribution < 1.29 is 5.11 Å². The highest BCUT2D eigenvalue weighted by Gasteiger charge is 2.60. The van der Waals surface area contributed by atoms with Crippen molar-refractivity contribution in [2.24, 2.45) is 40.4 Å². The molecule has 0 heterocycles. The molecule has 158 valence electrons. The predicted molar refractivity (Wildman–Crippen MR) is 119 cm³/mol. The van der Waals surface area contributed by atoms with Gasteiger partial charge in [-0.25, -0.2) is 0 Å². The van der Waals surface area contributed by atoms with Crippen LogP contribution in [0, 0.1) is 40.4 Å². The molecule has 1 nitrogen and oxygen atoms in total. The van der Waals surface area contributed by atoms with E-state index in [1.165, 1.54) is 63.4 Å². The monoisotopic (exact) mass is 384 g/mol. The molecule has 28 heavy (non-hydrogen) atoms. The van der Waals surface area contributed by atoms with Crippen molar-refractivity contribution in [2.75, 3.05) is 0 Å². The van der Waals surface area contributed by atoms with Crippen LogP contribution in [0.2, 0.25) is 0 Å². The quantitative estimate of drug-likeness (QED) is 0.504. The number of allylic oxidation sites excluding steroid dienone is 3. The summed E-state index contributed by atoms with van der Waals surface area (Å²) in [6.07, 6.45) is 17.9. The second-order valence-electron chi connectivity index (χ2n) is 11.6. The molecule has 3 saturated carbocycles. The fourth-order valence-corrected chi connectivity index (χ4v) is 8.53. The molecule has 0 radical (unpaired) electrons. The van der Waals surface area contributed by atoms with Crippen molar-refractivity contribution in [1.29, 1.82) is 0 Å². The van der Waals surface area contributed by atoms with Gasteiger partial charge in [0.25, 0.3) is 0 Å². The largest absolute Gasteiger partial charge is 0.392 e. The standard InChI is InChI=1S/C27H44O/c1-18(2)8-6-9-19(3)22-14-15-23-21-13-12-20-10-7-11-25(28)27(20,5)24(21)16-17-26(22,23)4/h8,12,19,21-25,28H,6-7,9-11,13-17H2,1-5H3/t19-,21+,22-,23+,24+,25?,26-,27+/m1/s1. The van der Waals surface area contributed by atoms with Gasteiger partial charge in [0.15, 0.2) is 0 Å². The molecule has 0 aliphatic heterocycles. The van der Waals surface area contributed by atoms with Crippen LogP contribution in [0.3, 0.4) is 0 Å². The van der Waals surface area contributed by atoms with E-state index in [2.05, 4.69) is 46.8 Å². The summed E-state index contributed by atoms with van der Waals surface area (Å²) in [6, 6.07) is 0. The van der Waals surface area contributed by atoms with Crippen LogP contribution in [0.1, 0.15) is 98.8 Å². The van der Waals surface area contributed by atoms with Gasteiger partial charge in [0.1, 0.15) is 0 Å². The van der Waals surface area contributed by atoms with Crippen LogP contribution < -0.4 is 0 Å². The lowest BCUT2D eigenvalue weighted by Gasteiger charge is -2.59. The SMILES string of the molecule is CC(C)=CCC[C@@H](C)[C@H]1CC[C@H]2[C@@H]3CC=C4CCCC(O)[C@]4(C)[C@H]3CC[C@]12C. The van der Waals surface area contributed by atoms with E-state index in [1.807, 2.05) is 0 Å². The Kier molecular flexibility index (Phi) is 5.62. The van der Waals surface area contributed by atoms with Crippen molar-refractivity contribution in [3.8, 4) is 0 Å². The van der Waals surface area contributed by atoms with Crippen molar-refractivity contribution in [3.05, 3.63) is 23.3 Å². The molecule has 0 bridgehead atoms. The van der Waals surface area contributed by atoms with E-state index in [1.54, 1.807) is 5.57 Å². The molecular formula is C27H44O. The lowest BCUT2D eigenvalue weighted by Crippen LogP contribution is -2.54. The molecule has 0 aromatic rings. The molecule has 0 spiro atoms. The van der Waals surface area contributed by atoms with Gasteiger partial charge in [-0.2, -0.15) is 0 Å². The smallest absolute Gasteiger partial charge is 0.0633 e. The zero-order valence-electron chi connectivity index (χ0n) is 19.1. The maximum atomic E-state index is 11.0. The highest BCUT2D eigenvalue weighted by molar-refractivity contribution is 5.26. The third-order valence-electron chi connectivity index (χ3n) is 10.1. The van der Waals surface area contributed by atoms with E-state index in [9.17, 15) is 5.11 Å². The van der Waals surface area contributed by atoms with Crippen molar-refractivity contribution >= 4 is 0 Å².